The van der Waals surface area contributed by atoms with Gasteiger partial charge in [-0.05, 0) is 30.5 Å². The maximum absolute atomic E-state index is 12.5. The van der Waals surface area contributed by atoms with Gasteiger partial charge in [-0.25, -0.2) is 4.98 Å². The molecule has 0 saturated heterocycles. The van der Waals surface area contributed by atoms with Gasteiger partial charge in [-0.3, -0.25) is 14.7 Å². The van der Waals surface area contributed by atoms with Crippen molar-refractivity contribution in [1.29, 1.82) is 0 Å². The second kappa shape index (κ2) is 6.49. The van der Waals surface area contributed by atoms with Gasteiger partial charge in [0.1, 0.15) is 0 Å². The maximum atomic E-state index is 12.5. The van der Waals surface area contributed by atoms with Crippen LogP contribution in [0.1, 0.15) is 30.0 Å². The number of carbonyl (C=O) groups is 1. The number of aromatic amines is 3. The average Bonchev–Trinajstić information content (AvgIpc) is 3.18. The lowest BCUT2D eigenvalue weighted by Gasteiger charge is -2.06. The SMILES string of the molecule is O=C(Cc1ccc2[nH]c(-c3cnc[nH]3)cc(=O)c2c1)Nc1cc(C2CC2)[nH]n1. The zero-order chi connectivity index (χ0) is 19.1. The van der Waals surface area contributed by atoms with Gasteiger partial charge in [-0.2, -0.15) is 5.10 Å². The first-order valence-electron chi connectivity index (χ1n) is 9.15. The van der Waals surface area contributed by atoms with Crippen LogP contribution < -0.4 is 10.7 Å². The number of hydrogen-bond acceptors (Lipinski definition) is 4. The summed E-state index contributed by atoms with van der Waals surface area (Å²) in [6.07, 6.45) is 5.72. The number of amides is 1. The van der Waals surface area contributed by atoms with Crippen molar-refractivity contribution in [2.75, 3.05) is 5.32 Å². The zero-order valence-electron chi connectivity index (χ0n) is 15.0. The summed E-state index contributed by atoms with van der Waals surface area (Å²) < 4.78 is 0. The molecule has 1 aliphatic carbocycles. The molecule has 28 heavy (non-hydrogen) atoms. The minimum atomic E-state index is -0.168. The molecule has 1 saturated carbocycles. The van der Waals surface area contributed by atoms with Crippen LogP contribution in [-0.4, -0.2) is 31.1 Å². The van der Waals surface area contributed by atoms with Crippen molar-refractivity contribution < 1.29 is 4.79 Å². The Morgan fingerprint density at radius 2 is 2.07 bits per heavy atom. The Labute approximate surface area is 159 Å². The topological polar surface area (TPSA) is 119 Å². The predicted octanol–water partition coefficient (Wildman–Crippen LogP) is 2.70. The van der Waals surface area contributed by atoms with Crippen LogP contribution in [0.5, 0.6) is 0 Å². The fraction of sp³-hybridized carbons (Fsp3) is 0.200. The van der Waals surface area contributed by atoms with Crippen molar-refractivity contribution in [2.45, 2.75) is 25.2 Å². The molecule has 140 valence electrons. The second-order valence-corrected chi connectivity index (χ2v) is 7.10. The smallest absolute Gasteiger partial charge is 0.229 e. The first-order valence-corrected chi connectivity index (χ1v) is 9.15. The van der Waals surface area contributed by atoms with E-state index < -0.39 is 0 Å². The van der Waals surface area contributed by atoms with Gasteiger partial charge in [0.2, 0.25) is 5.91 Å². The van der Waals surface area contributed by atoms with E-state index in [0.29, 0.717) is 28.3 Å². The van der Waals surface area contributed by atoms with Gasteiger partial charge >= 0.3 is 0 Å². The van der Waals surface area contributed by atoms with E-state index in [9.17, 15) is 9.59 Å². The summed E-state index contributed by atoms with van der Waals surface area (Å²) in [7, 11) is 0. The third kappa shape index (κ3) is 3.20. The first-order chi connectivity index (χ1) is 13.7. The van der Waals surface area contributed by atoms with E-state index in [-0.39, 0.29) is 17.8 Å². The van der Waals surface area contributed by atoms with Crippen LogP contribution in [0.15, 0.2) is 47.7 Å². The van der Waals surface area contributed by atoms with E-state index >= 15 is 0 Å². The van der Waals surface area contributed by atoms with Gasteiger partial charge in [0.15, 0.2) is 11.2 Å². The molecule has 0 aliphatic heterocycles. The molecule has 3 aromatic heterocycles. The van der Waals surface area contributed by atoms with Crippen LogP contribution in [-0.2, 0) is 11.2 Å². The molecule has 1 fully saturated rings. The number of fused-ring (bicyclic) bond motifs is 1. The maximum Gasteiger partial charge on any atom is 0.229 e. The van der Waals surface area contributed by atoms with Crippen molar-refractivity contribution in [3.05, 3.63) is 64.3 Å². The molecule has 0 spiro atoms. The van der Waals surface area contributed by atoms with Crippen LogP contribution >= 0.6 is 0 Å². The summed E-state index contributed by atoms with van der Waals surface area (Å²) >= 11 is 0. The van der Waals surface area contributed by atoms with Gasteiger partial charge in [-0.1, -0.05) is 6.07 Å². The number of imidazole rings is 1. The molecule has 8 nitrogen and oxygen atoms in total. The molecule has 4 N–H and O–H groups in total. The summed E-state index contributed by atoms with van der Waals surface area (Å²) in [6.45, 7) is 0. The number of pyridine rings is 1. The molecular weight excluding hydrogens is 356 g/mol. The summed E-state index contributed by atoms with van der Waals surface area (Å²) in [5, 5.41) is 10.5. The molecule has 5 rings (SSSR count). The number of carbonyl (C=O) groups excluding carboxylic acids is 1. The molecule has 1 aliphatic rings. The van der Waals surface area contributed by atoms with E-state index in [2.05, 4.69) is 30.5 Å². The highest BCUT2D eigenvalue weighted by Gasteiger charge is 2.25. The Kier molecular flexibility index (Phi) is 3.82. The highest BCUT2D eigenvalue weighted by molar-refractivity contribution is 5.92. The fourth-order valence-electron chi connectivity index (χ4n) is 3.33. The van der Waals surface area contributed by atoms with Crippen molar-refractivity contribution >= 4 is 22.6 Å². The molecule has 1 amide bonds. The van der Waals surface area contributed by atoms with Crippen molar-refractivity contribution in [3.63, 3.8) is 0 Å². The highest BCUT2D eigenvalue weighted by Crippen LogP contribution is 2.39. The van der Waals surface area contributed by atoms with E-state index in [4.69, 9.17) is 0 Å². The van der Waals surface area contributed by atoms with Crippen LogP contribution in [0.2, 0.25) is 0 Å². The van der Waals surface area contributed by atoms with Crippen molar-refractivity contribution in [3.8, 4) is 11.4 Å². The van der Waals surface area contributed by atoms with E-state index in [1.807, 2.05) is 18.2 Å². The Morgan fingerprint density at radius 3 is 2.86 bits per heavy atom. The summed E-state index contributed by atoms with van der Waals surface area (Å²) in [5.41, 5.74) is 3.85. The summed E-state index contributed by atoms with van der Waals surface area (Å²) in [6, 6.07) is 8.83. The Morgan fingerprint density at radius 1 is 1.18 bits per heavy atom. The number of nitrogens with zero attached hydrogens (tertiary/aromatic N) is 2. The second-order valence-electron chi connectivity index (χ2n) is 7.10. The average molecular weight is 374 g/mol. The quantitative estimate of drug-likeness (QED) is 0.429. The lowest BCUT2D eigenvalue weighted by atomic mass is 10.1. The minimum absolute atomic E-state index is 0.109. The summed E-state index contributed by atoms with van der Waals surface area (Å²) in [4.78, 5) is 35.0. The Balaban J connectivity index is 1.35. The third-order valence-corrected chi connectivity index (χ3v) is 4.93. The molecule has 8 heteroatoms. The van der Waals surface area contributed by atoms with Gasteiger partial charge in [0, 0.05) is 34.6 Å². The number of benzene rings is 1. The number of anilines is 1. The first kappa shape index (κ1) is 16.5. The number of hydrogen-bond donors (Lipinski definition) is 4. The van der Waals surface area contributed by atoms with E-state index in [1.54, 1.807) is 18.6 Å². The van der Waals surface area contributed by atoms with Crippen LogP contribution in [0, 0.1) is 0 Å². The number of H-pyrrole nitrogens is 3. The molecular formula is C20H18N6O2. The van der Waals surface area contributed by atoms with E-state index in [1.165, 1.54) is 18.9 Å². The number of aromatic nitrogens is 5. The Hall–Kier alpha value is -3.68. The lowest BCUT2D eigenvalue weighted by molar-refractivity contribution is -0.115. The Bertz CT molecular complexity index is 1220. The standard InChI is InChI=1S/C20H18N6O2/c27-18-7-16(17-9-21-10-22-17)23-14-4-1-11(5-13(14)18)6-20(28)24-19-8-15(25-26-19)12-2-3-12/h1,4-5,7-10,12H,2-3,6H2,(H,21,22)(H,23,27)(H2,24,25,26,28). The molecule has 4 aromatic rings. The van der Waals surface area contributed by atoms with Crippen molar-refractivity contribution in [2.24, 2.45) is 0 Å². The monoisotopic (exact) mass is 374 g/mol. The van der Waals surface area contributed by atoms with Gasteiger partial charge < -0.3 is 15.3 Å². The molecule has 0 bridgehead atoms. The normalized spacial score (nSPS) is 13.7. The fourth-order valence-corrected chi connectivity index (χ4v) is 3.33. The third-order valence-electron chi connectivity index (χ3n) is 4.93. The lowest BCUT2D eigenvalue weighted by Crippen LogP contribution is -2.15. The largest absolute Gasteiger partial charge is 0.353 e. The van der Waals surface area contributed by atoms with Crippen LogP contribution in [0.4, 0.5) is 5.82 Å². The molecule has 1 aromatic carbocycles. The van der Waals surface area contributed by atoms with Gasteiger partial charge in [-0.15, -0.1) is 0 Å². The molecule has 3 heterocycles. The molecule has 0 radical (unpaired) electrons. The van der Waals surface area contributed by atoms with Gasteiger partial charge in [0.05, 0.1) is 30.3 Å². The van der Waals surface area contributed by atoms with Crippen molar-refractivity contribution in [1.82, 2.24) is 25.1 Å². The highest BCUT2D eigenvalue weighted by atomic mass is 16.1. The number of nitrogens with one attached hydrogen (secondary N) is 4. The zero-order valence-corrected chi connectivity index (χ0v) is 15.0. The minimum Gasteiger partial charge on any atom is -0.353 e. The molecule has 0 atom stereocenters. The molecule has 0 unspecified atom stereocenters. The van der Waals surface area contributed by atoms with Gasteiger partial charge in [0.25, 0.3) is 0 Å². The predicted molar refractivity (Wildman–Crippen MR) is 105 cm³/mol. The van der Waals surface area contributed by atoms with E-state index in [0.717, 1.165) is 17.0 Å². The number of rotatable bonds is 5. The van der Waals surface area contributed by atoms with Crippen LogP contribution in [0.3, 0.4) is 0 Å². The summed E-state index contributed by atoms with van der Waals surface area (Å²) in [5.74, 6) is 0.922. The van der Waals surface area contributed by atoms with Crippen LogP contribution in [0.25, 0.3) is 22.3 Å².